The zero-order chi connectivity index (χ0) is 9.31. The lowest BCUT2D eigenvalue weighted by Crippen LogP contribution is -2.53. The molecule has 0 aromatic carbocycles. The number of rotatable bonds is 0. The number of carbonyl (C=O) groups excluding carboxylic acids is 1. The molecule has 0 saturated carbocycles. The van der Waals surface area contributed by atoms with Gasteiger partial charge < -0.3 is 5.32 Å². The minimum absolute atomic E-state index is 0.206. The Balaban J connectivity index is 2.26. The Morgan fingerprint density at radius 1 is 1.54 bits per heavy atom. The van der Waals surface area contributed by atoms with Crippen LogP contribution in [0.25, 0.3) is 0 Å². The van der Waals surface area contributed by atoms with Crippen LogP contribution >= 0.6 is 0 Å². The van der Waals surface area contributed by atoms with Crippen LogP contribution in [-0.4, -0.2) is 36.5 Å². The van der Waals surface area contributed by atoms with Gasteiger partial charge in [0.05, 0.1) is 0 Å². The Morgan fingerprint density at radius 3 is 3.08 bits per heavy atom. The molecule has 2 aliphatic heterocycles. The van der Waals surface area contributed by atoms with Gasteiger partial charge in [0, 0.05) is 6.54 Å². The van der Waals surface area contributed by atoms with Crippen LogP contribution in [0.2, 0.25) is 0 Å². The topological polar surface area (TPSA) is 32.3 Å². The van der Waals surface area contributed by atoms with E-state index in [4.69, 9.17) is 0 Å². The summed E-state index contributed by atoms with van der Waals surface area (Å²) in [6.45, 7) is 1.73. The van der Waals surface area contributed by atoms with Gasteiger partial charge >= 0.3 is 0 Å². The summed E-state index contributed by atoms with van der Waals surface area (Å²) in [6.07, 6.45) is 7.17. The van der Waals surface area contributed by atoms with Crippen molar-refractivity contribution < 1.29 is 4.79 Å². The molecule has 1 unspecified atom stereocenters. The lowest BCUT2D eigenvalue weighted by molar-refractivity contribution is -0.130. The maximum absolute atomic E-state index is 11.9. The average Bonchev–Trinajstić information content (AvgIpc) is 2.36. The van der Waals surface area contributed by atoms with Crippen LogP contribution in [0.1, 0.15) is 19.3 Å². The van der Waals surface area contributed by atoms with E-state index in [-0.39, 0.29) is 11.4 Å². The zero-order valence-corrected chi connectivity index (χ0v) is 8.05. The molecule has 3 heteroatoms. The third-order valence-electron chi connectivity index (χ3n) is 3.24. The Morgan fingerprint density at radius 2 is 2.38 bits per heavy atom. The highest BCUT2D eigenvalue weighted by molar-refractivity contribution is 5.87. The Bertz CT molecular complexity index is 249. The number of amides is 1. The van der Waals surface area contributed by atoms with E-state index in [0.717, 1.165) is 25.8 Å². The van der Waals surface area contributed by atoms with Crippen molar-refractivity contribution in [3.8, 4) is 0 Å². The second-order valence-electron chi connectivity index (χ2n) is 3.94. The van der Waals surface area contributed by atoms with E-state index in [1.807, 2.05) is 13.1 Å². The van der Waals surface area contributed by atoms with Crippen molar-refractivity contribution in [2.75, 3.05) is 20.1 Å². The Hall–Kier alpha value is -0.830. The van der Waals surface area contributed by atoms with E-state index < -0.39 is 0 Å². The van der Waals surface area contributed by atoms with Crippen LogP contribution in [0.4, 0.5) is 0 Å². The molecule has 2 aliphatic rings. The number of hydrogen-bond donors (Lipinski definition) is 1. The molecule has 1 N–H and O–H groups in total. The van der Waals surface area contributed by atoms with Gasteiger partial charge in [-0.2, -0.15) is 0 Å². The molecule has 0 aromatic heterocycles. The van der Waals surface area contributed by atoms with Crippen LogP contribution in [0.5, 0.6) is 0 Å². The van der Waals surface area contributed by atoms with Crippen molar-refractivity contribution in [3.05, 3.63) is 12.2 Å². The largest absolute Gasteiger partial charge is 0.351 e. The van der Waals surface area contributed by atoms with Gasteiger partial charge in [0.1, 0.15) is 5.54 Å². The van der Waals surface area contributed by atoms with Crippen molar-refractivity contribution in [2.24, 2.45) is 0 Å². The zero-order valence-electron chi connectivity index (χ0n) is 8.05. The number of carbonyl (C=O) groups is 1. The third-order valence-corrected chi connectivity index (χ3v) is 3.24. The number of nitrogens with one attached hydrogen (secondary N) is 1. The predicted octanol–water partition coefficient (Wildman–Crippen LogP) is 0.527. The van der Waals surface area contributed by atoms with Gasteiger partial charge in [-0.15, -0.1) is 0 Å². The van der Waals surface area contributed by atoms with Crippen molar-refractivity contribution in [2.45, 2.75) is 24.8 Å². The van der Waals surface area contributed by atoms with Crippen LogP contribution in [0, 0.1) is 0 Å². The van der Waals surface area contributed by atoms with Crippen molar-refractivity contribution in [1.29, 1.82) is 0 Å². The molecular weight excluding hydrogens is 164 g/mol. The molecule has 13 heavy (non-hydrogen) atoms. The van der Waals surface area contributed by atoms with Crippen LogP contribution in [-0.2, 0) is 4.79 Å². The molecule has 0 aliphatic carbocycles. The van der Waals surface area contributed by atoms with Crippen molar-refractivity contribution in [3.63, 3.8) is 0 Å². The maximum Gasteiger partial charge on any atom is 0.241 e. The molecule has 2 heterocycles. The fourth-order valence-electron chi connectivity index (χ4n) is 2.33. The molecule has 1 saturated heterocycles. The summed E-state index contributed by atoms with van der Waals surface area (Å²) in [6, 6.07) is 0. The number of hydrogen-bond acceptors (Lipinski definition) is 2. The average molecular weight is 180 g/mol. The quantitative estimate of drug-likeness (QED) is 0.551. The molecule has 1 atom stereocenters. The highest BCUT2D eigenvalue weighted by Crippen LogP contribution is 2.32. The monoisotopic (exact) mass is 180 g/mol. The molecule has 0 aromatic rings. The molecule has 72 valence electrons. The van der Waals surface area contributed by atoms with E-state index >= 15 is 0 Å². The minimum atomic E-state index is -0.229. The fraction of sp³-hybridized carbons (Fsp3) is 0.700. The molecule has 0 bridgehead atoms. The van der Waals surface area contributed by atoms with Gasteiger partial charge in [0.15, 0.2) is 0 Å². The second-order valence-corrected chi connectivity index (χ2v) is 3.94. The molecule has 1 fully saturated rings. The maximum atomic E-state index is 11.9. The van der Waals surface area contributed by atoms with E-state index in [2.05, 4.69) is 16.3 Å². The molecule has 1 amide bonds. The van der Waals surface area contributed by atoms with Gasteiger partial charge in [0.25, 0.3) is 0 Å². The lowest BCUT2D eigenvalue weighted by atomic mass is 9.91. The summed E-state index contributed by atoms with van der Waals surface area (Å²) in [5.41, 5.74) is -0.229. The van der Waals surface area contributed by atoms with Crippen LogP contribution < -0.4 is 5.32 Å². The van der Waals surface area contributed by atoms with Gasteiger partial charge in [-0.3, -0.25) is 9.69 Å². The first kappa shape index (κ1) is 8.75. The number of likely N-dealkylation sites (tertiary alicyclic amines) is 1. The smallest absolute Gasteiger partial charge is 0.241 e. The van der Waals surface area contributed by atoms with Gasteiger partial charge in [-0.25, -0.2) is 0 Å². The normalized spacial score (nSPS) is 35.0. The molecule has 2 rings (SSSR count). The van der Waals surface area contributed by atoms with E-state index in [1.165, 1.54) is 0 Å². The number of likely N-dealkylation sites (N-methyl/N-ethyl adjacent to an activating group) is 1. The Kier molecular flexibility index (Phi) is 2.12. The molecule has 0 radical (unpaired) electrons. The highest BCUT2D eigenvalue weighted by atomic mass is 16.2. The first-order chi connectivity index (χ1) is 6.26. The first-order valence-corrected chi connectivity index (χ1v) is 4.90. The summed E-state index contributed by atoms with van der Waals surface area (Å²) in [5.74, 6) is 0.206. The summed E-state index contributed by atoms with van der Waals surface area (Å²) < 4.78 is 0. The second kappa shape index (κ2) is 3.14. The Labute approximate surface area is 78.8 Å². The molecule has 1 spiro atoms. The van der Waals surface area contributed by atoms with Crippen molar-refractivity contribution >= 4 is 5.91 Å². The SMILES string of the molecule is CN1CCCC12CC=CCNC2=O. The summed E-state index contributed by atoms with van der Waals surface area (Å²) >= 11 is 0. The highest BCUT2D eigenvalue weighted by Gasteiger charge is 2.44. The fourth-order valence-corrected chi connectivity index (χ4v) is 2.33. The van der Waals surface area contributed by atoms with Crippen molar-refractivity contribution in [1.82, 2.24) is 10.2 Å². The first-order valence-electron chi connectivity index (χ1n) is 4.90. The summed E-state index contributed by atoms with van der Waals surface area (Å²) in [5, 5.41) is 2.94. The van der Waals surface area contributed by atoms with E-state index in [0.29, 0.717) is 6.54 Å². The van der Waals surface area contributed by atoms with Gasteiger partial charge in [0.2, 0.25) is 5.91 Å². The van der Waals surface area contributed by atoms with E-state index in [1.54, 1.807) is 0 Å². The molecule has 3 nitrogen and oxygen atoms in total. The predicted molar refractivity (Wildman–Crippen MR) is 51.4 cm³/mol. The number of nitrogens with zero attached hydrogens (tertiary/aromatic N) is 1. The summed E-state index contributed by atoms with van der Waals surface area (Å²) in [7, 11) is 2.05. The molecular formula is C10H16N2O. The van der Waals surface area contributed by atoms with Crippen LogP contribution in [0.15, 0.2) is 12.2 Å². The standard InChI is InChI=1S/C10H16N2O/c1-12-8-4-6-10(12)5-2-3-7-11-9(10)13/h2-3H,4-8H2,1H3,(H,11,13). The van der Waals surface area contributed by atoms with E-state index in [9.17, 15) is 4.79 Å². The lowest BCUT2D eigenvalue weighted by Gasteiger charge is -2.32. The van der Waals surface area contributed by atoms with Gasteiger partial charge in [-0.05, 0) is 32.9 Å². The third kappa shape index (κ3) is 1.27. The summed E-state index contributed by atoms with van der Waals surface area (Å²) in [4.78, 5) is 14.0. The minimum Gasteiger partial charge on any atom is -0.351 e. The van der Waals surface area contributed by atoms with Gasteiger partial charge in [-0.1, -0.05) is 12.2 Å². The van der Waals surface area contributed by atoms with Crippen LogP contribution in [0.3, 0.4) is 0 Å².